The number of allylic oxidation sites excluding steroid dienone is 4. The van der Waals surface area contributed by atoms with Crippen molar-refractivity contribution >= 4 is 34.5 Å². The summed E-state index contributed by atoms with van der Waals surface area (Å²) in [6, 6.07) is 13.2. The number of carbonyl (C=O) groups excluding carboxylic acids is 1. The molecule has 41 heavy (non-hydrogen) atoms. The van der Waals surface area contributed by atoms with Crippen LogP contribution in [-0.4, -0.2) is 44.9 Å². The normalized spacial score (nSPS) is 22.0. The maximum absolute atomic E-state index is 13.8. The van der Waals surface area contributed by atoms with Crippen molar-refractivity contribution in [1.29, 1.82) is 0 Å². The molecule has 2 aliphatic carbocycles. The maximum atomic E-state index is 13.8. The van der Waals surface area contributed by atoms with E-state index in [-0.39, 0.29) is 12.3 Å². The third kappa shape index (κ3) is 6.08. The van der Waals surface area contributed by atoms with Crippen LogP contribution in [0.15, 0.2) is 66.3 Å². The Balaban J connectivity index is 1.26. The van der Waals surface area contributed by atoms with Crippen molar-refractivity contribution < 1.29 is 14.7 Å². The molecule has 2 unspecified atom stereocenters. The molecule has 3 aromatic rings. The molecule has 1 amide bonds. The minimum absolute atomic E-state index is 0.0713. The molecule has 1 saturated heterocycles. The first-order chi connectivity index (χ1) is 20.0. The molecule has 1 aromatic heterocycles. The second-order valence-electron chi connectivity index (χ2n) is 11.7. The molecule has 6 rings (SSSR count). The molecule has 1 aliphatic heterocycles. The number of nitrogens with zero attached hydrogens (tertiary/aromatic N) is 3. The Labute approximate surface area is 246 Å². The molecule has 1 saturated carbocycles. The fraction of sp³-hybridized carbons (Fsp3) is 0.412. The SMILES string of the molecule is O=C(O)CCCCc1nc2cc(C(=O)N3CC4CCCC(C3)C4C3=CCCC=C3)ccc2nc1-c1ccc(Cl)cc1. The van der Waals surface area contributed by atoms with Crippen LogP contribution in [0.2, 0.25) is 5.02 Å². The van der Waals surface area contributed by atoms with Crippen LogP contribution >= 0.6 is 11.6 Å². The third-order valence-electron chi connectivity index (χ3n) is 8.93. The summed E-state index contributed by atoms with van der Waals surface area (Å²) in [7, 11) is 0. The van der Waals surface area contributed by atoms with Crippen LogP contribution in [0.4, 0.5) is 0 Å². The maximum Gasteiger partial charge on any atom is 0.303 e. The Bertz CT molecular complexity index is 1500. The summed E-state index contributed by atoms with van der Waals surface area (Å²) in [6.45, 7) is 1.61. The number of hydrogen-bond donors (Lipinski definition) is 1. The Kier molecular flexibility index (Phi) is 8.20. The molecule has 3 aliphatic rings. The van der Waals surface area contributed by atoms with Crippen molar-refractivity contribution in [3.8, 4) is 11.3 Å². The fourth-order valence-corrected chi connectivity index (χ4v) is 7.14. The van der Waals surface area contributed by atoms with E-state index in [1.807, 2.05) is 42.5 Å². The Morgan fingerprint density at radius 1 is 0.951 bits per heavy atom. The first-order valence-electron chi connectivity index (χ1n) is 14.9. The smallest absolute Gasteiger partial charge is 0.303 e. The molecular formula is C34H36ClN3O3. The first-order valence-corrected chi connectivity index (χ1v) is 15.3. The zero-order valence-electron chi connectivity index (χ0n) is 23.3. The van der Waals surface area contributed by atoms with E-state index in [1.54, 1.807) is 0 Å². The topological polar surface area (TPSA) is 83.4 Å². The van der Waals surface area contributed by atoms with Crippen LogP contribution in [0.5, 0.6) is 0 Å². The van der Waals surface area contributed by atoms with Gasteiger partial charge in [-0.25, -0.2) is 9.97 Å². The average Bonchev–Trinajstić information content (AvgIpc) is 2.98. The second-order valence-corrected chi connectivity index (χ2v) is 12.1. The van der Waals surface area contributed by atoms with Gasteiger partial charge in [0.15, 0.2) is 0 Å². The number of piperidine rings is 1. The monoisotopic (exact) mass is 569 g/mol. The molecule has 0 radical (unpaired) electrons. The van der Waals surface area contributed by atoms with Crippen LogP contribution in [0, 0.1) is 17.8 Å². The Morgan fingerprint density at radius 3 is 2.44 bits per heavy atom. The number of carboxylic acid groups (broad SMARTS) is 1. The van der Waals surface area contributed by atoms with Gasteiger partial charge < -0.3 is 10.0 Å². The van der Waals surface area contributed by atoms with Gasteiger partial charge in [0.25, 0.3) is 5.91 Å². The molecule has 2 atom stereocenters. The zero-order valence-corrected chi connectivity index (χ0v) is 24.0. The summed E-state index contributed by atoms with van der Waals surface area (Å²) >= 11 is 6.12. The zero-order chi connectivity index (χ0) is 28.3. The van der Waals surface area contributed by atoms with E-state index in [4.69, 9.17) is 26.7 Å². The van der Waals surface area contributed by atoms with Gasteiger partial charge in [-0.1, -0.05) is 48.4 Å². The van der Waals surface area contributed by atoms with Gasteiger partial charge in [-0.3, -0.25) is 9.59 Å². The summed E-state index contributed by atoms with van der Waals surface area (Å²) in [5, 5.41) is 9.70. The lowest BCUT2D eigenvalue weighted by Crippen LogP contribution is -2.51. The number of likely N-dealkylation sites (tertiary alicyclic amines) is 1. The molecule has 2 aromatic carbocycles. The van der Waals surface area contributed by atoms with Crippen molar-refractivity contribution in [2.45, 2.75) is 57.8 Å². The molecule has 2 bridgehead atoms. The molecule has 1 N–H and O–H groups in total. The van der Waals surface area contributed by atoms with E-state index >= 15 is 0 Å². The van der Waals surface area contributed by atoms with Gasteiger partial charge in [-0.15, -0.1) is 0 Å². The summed E-state index contributed by atoms with van der Waals surface area (Å²) in [6.07, 6.45) is 14.9. The Morgan fingerprint density at radius 2 is 1.73 bits per heavy atom. The number of aliphatic carboxylic acids is 1. The molecule has 0 spiro atoms. The minimum Gasteiger partial charge on any atom is -0.481 e. The van der Waals surface area contributed by atoms with Gasteiger partial charge in [0.2, 0.25) is 0 Å². The molecule has 2 heterocycles. The average molecular weight is 570 g/mol. The van der Waals surface area contributed by atoms with Gasteiger partial charge in [0.05, 0.1) is 22.4 Å². The standard InChI is InChI=1S/C34H36ClN3O3/c35-27-16-13-23(14-17-27)33-29(11-4-5-12-31(39)40)36-30-19-24(15-18-28(30)37-33)34(41)38-20-25-9-6-10-26(21-38)32(25)22-7-2-1-3-8-22/h2,7-8,13-19,25-26,32H,1,3-6,9-12,20-21H2,(H,39,40). The largest absolute Gasteiger partial charge is 0.481 e. The van der Waals surface area contributed by atoms with Gasteiger partial charge in [0, 0.05) is 35.7 Å². The number of halogens is 1. The highest BCUT2D eigenvalue weighted by atomic mass is 35.5. The highest BCUT2D eigenvalue weighted by Crippen LogP contribution is 2.45. The number of amides is 1. The van der Waals surface area contributed by atoms with Crippen molar-refractivity contribution in [3.63, 3.8) is 0 Å². The number of benzene rings is 2. The number of carboxylic acids is 1. The lowest BCUT2D eigenvalue weighted by atomic mass is 9.65. The van der Waals surface area contributed by atoms with Crippen LogP contribution in [0.25, 0.3) is 22.3 Å². The number of hydrogen-bond acceptors (Lipinski definition) is 4. The summed E-state index contributed by atoms with van der Waals surface area (Å²) < 4.78 is 0. The number of aryl methyl sites for hydroxylation is 1. The van der Waals surface area contributed by atoms with E-state index in [9.17, 15) is 9.59 Å². The second kappa shape index (κ2) is 12.2. The molecule has 212 valence electrons. The lowest BCUT2D eigenvalue weighted by Gasteiger charge is -2.48. The van der Waals surface area contributed by atoms with Crippen LogP contribution < -0.4 is 0 Å². The highest BCUT2D eigenvalue weighted by Gasteiger charge is 2.42. The number of fused-ring (bicyclic) bond motifs is 3. The number of aromatic nitrogens is 2. The van der Waals surface area contributed by atoms with E-state index in [0.29, 0.717) is 53.1 Å². The number of rotatable bonds is 8. The van der Waals surface area contributed by atoms with Gasteiger partial charge in [0.1, 0.15) is 0 Å². The molecule has 2 fully saturated rings. The third-order valence-corrected chi connectivity index (χ3v) is 9.18. The fourth-order valence-electron chi connectivity index (χ4n) is 7.02. The van der Waals surface area contributed by atoms with Crippen molar-refractivity contribution in [2.24, 2.45) is 17.8 Å². The number of unbranched alkanes of at least 4 members (excludes halogenated alkanes) is 1. The van der Waals surface area contributed by atoms with Crippen LogP contribution in [-0.2, 0) is 11.2 Å². The predicted molar refractivity (Wildman–Crippen MR) is 162 cm³/mol. The van der Waals surface area contributed by atoms with E-state index < -0.39 is 5.97 Å². The van der Waals surface area contributed by atoms with Crippen molar-refractivity contribution in [3.05, 3.63) is 82.5 Å². The summed E-state index contributed by atoms with van der Waals surface area (Å²) in [5.41, 5.74) is 6.04. The van der Waals surface area contributed by atoms with Gasteiger partial charge >= 0.3 is 5.97 Å². The van der Waals surface area contributed by atoms with Crippen LogP contribution in [0.3, 0.4) is 0 Å². The van der Waals surface area contributed by atoms with E-state index in [2.05, 4.69) is 23.1 Å². The van der Waals surface area contributed by atoms with Crippen molar-refractivity contribution in [2.75, 3.05) is 13.1 Å². The first kappa shape index (κ1) is 27.6. The number of carbonyl (C=O) groups is 2. The molecule has 6 nitrogen and oxygen atoms in total. The quantitative estimate of drug-likeness (QED) is 0.284. The summed E-state index contributed by atoms with van der Waals surface area (Å²) in [5.74, 6) is 0.875. The van der Waals surface area contributed by atoms with E-state index in [1.165, 1.54) is 24.8 Å². The summed E-state index contributed by atoms with van der Waals surface area (Å²) in [4.78, 5) is 36.8. The lowest BCUT2D eigenvalue weighted by molar-refractivity contribution is -0.137. The van der Waals surface area contributed by atoms with Crippen LogP contribution in [0.1, 0.15) is 67.4 Å². The van der Waals surface area contributed by atoms with Gasteiger partial charge in [-0.2, -0.15) is 0 Å². The molecular weight excluding hydrogens is 534 g/mol. The van der Waals surface area contributed by atoms with E-state index in [0.717, 1.165) is 48.4 Å². The van der Waals surface area contributed by atoms with Gasteiger partial charge in [-0.05, 0) is 98.6 Å². The minimum atomic E-state index is -0.796. The highest BCUT2D eigenvalue weighted by molar-refractivity contribution is 6.30. The Hall–Kier alpha value is -3.51. The predicted octanol–water partition coefficient (Wildman–Crippen LogP) is 7.51. The van der Waals surface area contributed by atoms with Crippen molar-refractivity contribution in [1.82, 2.24) is 14.9 Å². The molecule has 7 heteroatoms.